The Morgan fingerprint density at radius 2 is 1.54 bits per heavy atom. The number of aryl methyl sites for hydroxylation is 2. The molecule has 0 aliphatic heterocycles. The van der Waals surface area contributed by atoms with E-state index >= 15 is 0 Å². The van der Waals surface area contributed by atoms with Gasteiger partial charge in [0.2, 0.25) is 11.4 Å². The topological polar surface area (TPSA) is 3.88 Å². The first-order chi connectivity index (χ1) is 12.6. The second kappa shape index (κ2) is 6.39. The van der Waals surface area contributed by atoms with Crippen LogP contribution in [0.3, 0.4) is 0 Å². The SMILES string of the molecule is CCc1cccc(CC)c1-[n+]1cc2ccccc2c2c1C(C)=C(C)C2C. The van der Waals surface area contributed by atoms with Gasteiger partial charge in [-0.3, -0.25) is 0 Å². The van der Waals surface area contributed by atoms with Crippen LogP contribution in [-0.4, -0.2) is 0 Å². The molecule has 1 aliphatic rings. The summed E-state index contributed by atoms with van der Waals surface area (Å²) in [7, 11) is 0. The molecule has 4 rings (SSSR count). The summed E-state index contributed by atoms with van der Waals surface area (Å²) in [4.78, 5) is 0. The molecule has 0 fully saturated rings. The number of allylic oxidation sites excluding steroid dienone is 2. The third-order valence-corrected chi connectivity index (χ3v) is 6.25. The molecule has 1 atom stereocenters. The molecule has 0 saturated heterocycles. The summed E-state index contributed by atoms with van der Waals surface area (Å²) in [6, 6.07) is 15.6. The Bertz CT molecular complexity index is 1020. The standard InChI is InChI=1S/C25H28N/c1-6-19-12-10-13-20(7-2)25(19)26-15-21-11-8-9-14-22(21)23-17(4)16(3)18(5)24(23)26/h8-15,17H,6-7H2,1-5H3/q+1. The van der Waals surface area contributed by atoms with Crippen molar-refractivity contribution in [2.24, 2.45) is 0 Å². The van der Waals surface area contributed by atoms with Crippen LogP contribution < -0.4 is 4.57 Å². The van der Waals surface area contributed by atoms with E-state index in [0.29, 0.717) is 5.92 Å². The molecule has 26 heavy (non-hydrogen) atoms. The Labute approximate surface area is 157 Å². The predicted octanol–water partition coefficient (Wildman–Crippen LogP) is 6.15. The van der Waals surface area contributed by atoms with E-state index in [9.17, 15) is 0 Å². The van der Waals surface area contributed by atoms with Gasteiger partial charge < -0.3 is 0 Å². The minimum Gasteiger partial charge on any atom is -0.159 e. The van der Waals surface area contributed by atoms with E-state index < -0.39 is 0 Å². The highest BCUT2D eigenvalue weighted by atomic mass is 15.0. The summed E-state index contributed by atoms with van der Waals surface area (Å²) in [6.07, 6.45) is 4.46. The molecule has 0 saturated carbocycles. The van der Waals surface area contributed by atoms with Crippen LogP contribution >= 0.6 is 0 Å². The summed E-state index contributed by atoms with van der Waals surface area (Å²) in [5.74, 6) is 0.473. The second-order valence-corrected chi connectivity index (χ2v) is 7.51. The molecule has 1 heterocycles. The van der Waals surface area contributed by atoms with Gasteiger partial charge in [0.15, 0.2) is 6.20 Å². The van der Waals surface area contributed by atoms with Crippen LogP contribution in [0, 0.1) is 0 Å². The Hall–Kier alpha value is -2.41. The van der Waals surface area contributed by atoms with Gasteiger partial charge in [-0.2, -0.15) is 4.57 Å². The van der Waals surface area contributed by atoms with Gasteiger partial charge in [0, 0.05) is 33.6 Å². The van der Waals surface area contributed by atoms with Crippen LogP contribution in [0.2, 0.25) is 0 Å². The zero-order chi connectivity index (χ0) is 18.4. The van der Waals surface area contributed by atoms with Crippen LogP contribution in [0.25, 0.3) is 22.0 Å². The van der Waals surface area contributed by atoms with Crippen LogP contribution in [0.5, 0.6) is 0 Å². The normalized spacial score (nSPS) is 16.4. The highest BCUT2D eigenvalue weighted by molar-refractivity contribution is 5.91. The minimum atomic E-state index is 0.473. The van der Waals surface area contributed by atoms with Gasteiger partial charge in [0.25, 0.3) is 0 Å². The lowest BCUT2D eigenvalue weighted by Gasteiger charge is -2.14. The maximum Gasteiger partial charge on any atom is 0.218 e. The van der Waals surface area contributed by atoms with Gasteiger partial charge >= 0.3 is 0 Å². The lowest BCUT2D eigenvalue weighted by Crippen LogP contribution is -2.38. The highest BCUT2D eigenvalue weighted by Gasteiger charge is 2.35. The smallest absolute Gasteiger partial charge is 0.159 e. The van der Waals surface area contributed by atoms with Crippen molar-refractivity contribution in [1.82, 2.24) is 0 Å². The number of nitrogens with zero attached hydrogens (tertiary/aromatic N) is 1. The molecule has 1 unspecified atom stereocenters. The van der Waals surface area contributed by atoms with Gasteiger partial charge in [0.05, 0.1) is 0 Å². The number of fused-ring (bicyclic) bond motifs is 3. The summed E-state index contributed by atoms with van der Waals surface area (Å²) in [5.41, 5.74) is 10.1. The Kier molecular flexibility index (Phi) is 4.19. The minimum absolute atomic E-state index is 0.473. The van der Waals surface area contributed by atoms with E-state index in [-0.39, 0.29) is 0 Å². The maximum atomic E-state index is 2.50. The number of benzene rings is 2. The van der Waals surface area contributed by atoms with Crippen molar-refractivity contribution in [3.05, 3.63) is 76.6 Å². The van der Waals surface area contributed by atoms with E-state index in [1.54, 1.807) is 0 Å². The van der Waals surface area contributed by atoms with Crippen molar-refractivity contribution in [2.45, 2.75) is 53.4 Å². The average molecular weight is 343 g/mol. The fourth-order valence-corrected chi connectivity index (χ4v) is 4.57. The lowest BCUT2D eigenvalue weighted by molar-refractivity contribution is -0.598. The number of pyridine rings is 1. The first kappa shape index (κ1) is 17.0. The summed E-state index contributed by atoms with van der Waals surface area (Å²) in [5, 5.41) is 2.73. The second-order valence-electron chi connectivity index (χ2n) is 7.51. The first-order valence-corrected chi connectivity index (χ1v) is 9.84. The summed E-state index contributed by atoms with van der Waals surface area (Å²) < 4.78 is 2.50. The van der Waals surface area contributed by atoms with Crippen LogP contribution in [0.4, 0.5) is 0 Å². The molecule has 0 amide bonds. The van der Waals surface area contributed by atoms with Crippen molar-refractivity contribution >= 4 is 16.3 Å². The molecular weight excluding hydrogens is 314 g/mol. The lowest BCUT2D eigenvalue weighted by atomic mass is 9.94. The fourth-order valence-electron chi connectivity index (χ4n) is 4.57. The van der Waals surface area contributed by atoms with Gasteiger partial charge in [-0.25, -0.2) is 0 Å². The quantitative estimate of drug-likeness (QED) is 0.502. The van der Waals surface area contributed by atoms with Crippen molar-refractivity contribution in [3.63, 3.8) is 0 Å². The molecule has 0 radical (unpaired) electrons. The molecule has 2 aromatic carbocycles. The van der Waals surface area contributed by atoms with Crippen molar-refractivity contribution in [1.29, 1.82) is 0 Å². The zero-order valence-corrected chi connectivity index (χ0v) is 16.6. The van der Waals surface area contributed by atoms with E-state index in [0.717, 1.165) is 12.8 Å². The number of aromatic nitrogens is 1. The Morgan fingerprint density at radius 1 is 0.885 bits per heavy atom. The number of hydrogen-bond donors (Lipinski definition) is 0. The van der Waals surface area contributed by atoms with Crippen molar-refractivity contribution in [2.75, 3.05) is 0 Å². The van der Waals surface area contributed by atoms with E-state index in [1.165, 1.54) is 50.0 Å². The third-order valence-electron chi connectivity index (χ3n) is 6.25. The molecule has 0 bridgehead atoms. The van der Waals surface area contributed by atoms with Crippen LogP contribution in [0.15, 0.2) is 54.2 Å². The average Bonchev–Trinajstić information content (AvgIpc) is 2.91. The van der Waals surface area contributed by atoms with Crippen molar-refractivity contribution < 1.29 is 4.57 Å². The predicted molar refractivity (Wildman–Crippen MR) is 111 cm³/mol. The molecule has 1 aliphatic carbocycles. The third kappa shape index (κ3) is 2.34. The van der Waals surface area contributed by atoms with Crippen molar-refractivity contribution in [3.8, 4) is 5.69 Å². The monoisotopic (exact) mass is 342 g/mol. The molecule has 1 heteroatoms. The van der Waals surface area contributed by atoms with E-state index in [1.807, 2.05) is 0 Å². The Morgan fingerprint density at radius 3 is 2.19 bits per heavy atom. The number of para-hydroxylation sites is 1. The van der Waals surface area contributed by atoms with Gasteiger partial charge in [-0.15, -0.1) is 0 Å². The molecule has 1 aromatic heterocycles. The molecule has 3 aromatic rings. The van der Waals surface area contributed by atoms with Crippen LogP contribution in [0.1, 0.15) is 62.9 Å². The van der Waals surface area contributed by atoms with Crippen LogP contribution in [-0.2, 0) is 12.8 Å². The molecule has 0 N–H and O–H groups in total. The largest absolute Gasteiger partial charge is 0.218 e. The first-order valence-electron chi connectivity index (χ1n) is 9.84. The Balaban J connectivity index is 2.17. The summed E-state index contributed by atoms with van der Waals surface area (Å²) in [6.45, 7) is 11.5. The molecule has 1 nitrogen and oxygen atoms in total. The zero-order valence-electron chi connectivity index (χ0n) is 16.6. The molecule has 0 spiro atoms. The van der Waals surface area contributed by atoms with Gasteiger partial charge in [-0.1, -0.05) is 62.7 Å². The maximum absolute atomic E-state index is 2.50. The molecular formula is C25H28N+. The number of hydrogen-bond acceptors (Lipinski definition) is 0. The summed E-state index contributed by atoms with van der Waals surface area (Å²) >= 11 is 0. The van der Waals surface area contributed by atoms with E-state index in [2.05, 4.69) is 87.8 Å². The van der Waals surface area contributed by atoms with Gasteiger partial charge in [0.1, 0.15) is 0 Å². The fraction of sp³-hybridized carbons (Fsp3) is 0.320. The molecule has 132 valence electrons. The van der Waals surface area contributed by atoms with E-state index in [4.69, 9.17) is 0 Å². The highest BCUT2D eigenvalue weighted by Crippen LogP contribution is 2.43. The number of rotatable bonds is 3. The van der Waals surface area contributed by atoms with Gasteiger partial charge in [-0.05, 0) is 38.1 Å².